The number of aliphatic carboxylic acids is 1. The molecule has 1 amide bonds. The number of fused-ring (bicyclic) bond motifs is 1. The van der Waals surface area contributed by atoms with Gasteiger partial charge in [-0.1, -0.05) is 25.5 Å². The third-order valence-electron chi connectivity index (χ3n) is 8.12. The van der Waals surface area contributed by atoms with Crippen LogP contribution >= 0.6 is 0 Å². The highest BCUT2D eigenvalue weighted by Crippen LogP contribution is 2.41. The van der Waals surface area contributed by atoms with Crippen LogP contribution in [0.1, 0.15) is 49.7 Å². The number of hydrogen-bond acceptors (Lipinski definition) is 5. The van der Waals surface area contributed by atoms with E-state index >= 15 is 0 Å². The summed E-state index contributed by atoms with van der Waals surface area (Å²) >= 11 is 0. The van der Waals surface area contributed by atoms with Crippen molar-refractivity contribution in [3.05, 3.63) is 47.8 Å². The zero-order valence-electron chi connectivity index (χ0n) is 24.1. The Kier molecular flexibility index (Phi) is 9.67. The van der Waals surface area contributed by atoms with E-state index in [9.17, 15) is 14.7 Å². The van der Waals surface area contributed by atoms with Crippen LogP contribution in [0.4, 0.5) is 0 Å². The molecule has 1 N–H and O–H groups in total. The van der Waals surface area contributed by atoms with E-state index in [1.54, 1.807) is 6.20 Å². The molecule has 0 aliphatic carbocycles. The molecule has 1 saturated heterocycles. The van der Waals surface area contributed by atoms with Gasteiger partial charge in [-0.2, -0.15) is 5.10 Å². The summed E-state index contributed by atoms with van der Waals surface area (Å²) < 4.78 is 8.40. The number of carbonyl (C=O) groups excluding carboxylic acids is 1. The topological polar surface area (TPSA) is 87.9 Å². The first-order valence-electron chi connectivity index (χ1n) is 14.4. The van der Waals surface area contributed by atoms with Crippen LogP contribution in [0.2, 0.25) is 0 Å². The number of carbonyl (C=O) groups is 2. The normalized spacial score (nSPS) is 21.1. The number of aromatic nitrogens is 2. The molecule has 2 aliphatic rings. The number of likely N-dealkylation sites (tertiary alicyclic amines) is 1. The fourth-order valence-corrected chi connectivity index (χ4v) is 6.04. The molecule has 0 bridgehead atoms. The second-order valence-electron chi connectivity index (χ2n) is 12.1. The molecule has 4 rings (SSSR count). The minimum Gasteiger partial charge on any atom is -0.493 e. The lowest BCUT2D eigenvalue weighted by Crippen LogP contribution is -2.45. The van der Waals surface area contributed by atoms with Gasteiger partial charge in [-0.05, 0) is 36.1 Å². The lowest BCUT2D eigenvalue weighted by molar-refractivity contribution is -0.870. The number of aryl methyl sites for hydroxylation is 1. The van der Waals surface area contributed by atoms with E-state index < -0.39 is 11.9 Å². The first-order valence-corrected chi connectivity index (χ1v) is 14.4. The molecule has 3 heterocycles. The van der Waals surface area contributed by atoms with Gasteiger partial charge in [0.2, 0.25) is 5.91 Å². The van der Waals surface area contributed by atoms with Gasteiger partial charge in [-0.25, -0.2) is 0 Å². The van der Waals surface area contributed by atoms with E-state index in [0.29, 0.717) is 26.1 Å². The molecule has 3 atom stereocenters. The monoisotopic (exact) mass is 540 g/mol. The Balaban J connectivity index is 1.55. The summed E-state index contributed by atoms with van der Waals surface area (Å²) in [7, 11) is 6.51. The van der Waals surface area contributed by atoms with Crippen LogP contribution in [0.5, 0.6) is 5.75 Å². The van der Waals surface area contributed by atoms with Crippen molar-refractivity contribution < 1.29 is 23.9 Å². The van der Waals surface area contributed by atoms with Gasteiger partial charge in [-0.3, -0.25) is 19.2 Å². The number of ether oxygens (including phenoxy) is 1. The standard InChI is InChI=1S/C30H45N5O4/c1-5-6-14-32(15-8-18-35(2,3)4)28(36)22-33-21-25(23-9-10-27-24(20-23)12-19-39-27)29(30(37)38)26(33)11-17-34-16-7-13-31-34/h7,9-10,13,16,20,25-26,29H,5-6,8,11-12,14-15,17-19,21-22H2,1-4H3/p+1/t25-,26+,29?/m1/s1. The van der Waals surface area contributed by atoms with Crippen LogP contribution in [-0.4, -0.2) is 108 Å². The summed E-state index contributed by atoms with van der Waals surface area (Å²) in [5, 5.41) is 14.8. The Hall–Kier alpha value is -2.91. The molecule has 9 heteroatoms. The van der Waals surface area contributed by atoms with Gasteiger partial charge in [0.15, 0.2) is 0 Å². The Labute approximate surface area is 232 Å². The fourth-order valence-electron chi connectivity index (χ4n) is 6.04. The summed E-state index contributed by atoms with van der Waals surface area (Å²) in [5.74, 6) is -0.600. The lowest BCUT2D eigenvalue weighted by Gasteiger charge is -2.30. The molecule has 2 aliphatic heterocycles. The second kappa shape index (κ2) is 13.0. The first kappa shape index (κ1) is 29.1. The third kappa shape index (κ3) is 7.60. The van der Waals surface area contributed by atoms with Crippen LogP contribution in [0.3, 0.4) is 0 Å². The molecule has 2 aromatic rings. The number of unbranched alkanes of at least 4 members (excludes halogenated alkanes) is 1. The molecule has 39 heavy (non-hydrogen) atoms. The zero-order chi connectivity index (χ0) is 28.0. The summed E-state index contributed by atoms with van der Waals surface area (Å²) in [4.78, 5) is 30.6. The van der Waals surface area contributed by atoms with Crippen molar-refractivity contribution in [1.29, 1.82) is 0 Å². The molecule has 0 saturated carbocycles. The van der Waals surface area contributed by atoms with Gasteiger partial charge in [0.1, 0.15) is 5.75 Å². The van der Waals surface area contributed by atoms with E-state index in [1.165, 1.54) is 0 Å². The maximum atomic E-state index is 13.7. The third-order valence-corrected chi connectivity index (χ3v) is 8.12. The van der Waals surface area contributed by atoms with E-state index in [4.69, 9.17) is 4.74 Å². The molecule has 9 nitrogen and oxygen atoms in total. The predicted molar refractivity (Wildman–Crippen MR) is 151 cm³/mol. The number of benzene rings is 1. The highest BCUT2D eigenvalue weighted by molar-refractivity contribution is 5.79. The van der Waals surface area contributed by atoms with Crippen molar-refractivity contribution in [2.24, 2.45) is 5.92 Å². The van der Waals surface area contributed by atoms with Crippen LogP contribution in [0.25, 0.3) is 0 Å². The predicted octanol–water partition coefficient (Wildman–Crippen LogP) is 3.10. The van der Waals surface area contributed by atoms with Gasteiger partial charge in [-0.15, -0.1) is 0 Å². The fraction of sp³-hybridized carbons (Fsp3) is 0.633. The van der Waals surface area contributed by atoms with E-state index in [0.717, 1.165) is 66.7 Å². The number of nitrogens with zero attached hydrogens (tertiary/aromatic N) is 5. The smallest absolute Gasteiger partial charge is 0.308 e. The second-order valence-corrected chi connectivity index (χ2v) is 12.1. The molecule has 0 spiro atoms. The number of carboxylic acids is 1. The maximum Gasteiger partial charge on any atom is 0.308 e. The molecular formula is C30H46N5O4+. The van der Waals surface area contributed by atoms with Crippen molar-refractivity contribution in [2.75, 3.05) is 60.5 Å². The van der Waals surface area contributed by atoms with Crippen LogP contribution < -0.4 is 4.74 Å². The van der Waals surface area contributed by atoms with Gasteiger partial charge >= 0.3 is 5.97 Å². The maximum absolute atomic E-state index is 13.7. The Bertz CT molecular complexity index is 1100. The molecule has 1 aromatic carbocycles. The Morgan fingerprint density at radius 2 is 2.00 bits per heavy atom. The minimum absolute atomic E-state index is 0.0982. The Morgan fingerprint density at radius 3 is 2.69 bits per heavy atom. The first-order chi connectivity index (χ1) is 18.7. The number of carboxylic acid groups (broad SMARTS) is 1. The minimum atomic E-state index is -0.803. The van der Waals surface area contributed by atoms with Crippen molar-refractivity contribution in [2.45, 2.75) is 57.5 Å². The highest BCUT2D eigenvalue weighted by Gasteiger charge is 2.47. The van der Waals surface area contributed by atoms with Crippen molar-refractivity contribution in [3.63, 3.8) is 0 Å². The number of hydrogen-bond donors (Lipinski definition) is 1. The van der Waals surface area contributed by atoms with Crippen molar-refractivity contribution >= 4 is 11.9 Å². The molecule has 1 aromatic heterocycles. The number of amides is 1. The van der Waals surface area contributed by atoms with E-state index in [-0.39, 0.29) is 24.4 Å². The van der Waals surface area contributed by atoms with E-state index in [2.05, 4.69) is 44.1 Å². The van der Waals surface area contributed by atoms with Crippen LogP contribution in [0.15, 0.2) is 36.7 Å². The van der Waals surface area contributed by atoms with E-state index in [1.807, 2.05) is 34.0 Å². The van der Waals surface area contributed by atoms with Gasteiger partial charge in [0, 0.05) is 63.4 Å². The summed E-state index contributed by atoms with van der Waals surface area (Å²) in [6, 6.07) is 7.73. The SMILES string of the molecule is CCCCN(CCC[N+](C)(C)C)C(=O)CN1C[C@H](c2ccc3c(c2)CCO3)C(C(=O)O)[C@@H]1CCn1cccn1. The van der Waals surface area contributed by atoms with Gasteiger partial charge < -0.3 is 19.2 Å². The Morgan fingerprint density at radius 1 is 1.21 bits per heavy atom. The number of quaternary nitrogens is 1. The summed E-state index contributed by atoms with van der Waals surface area (Å²) in [6.45, 7) is 6.69. The van der Waals surface area contributed by atoms with Crippen molar-refractivity contribution in [3.8, 4) is 5.75 Å². The average Bonchev–Trinajstić information content (AvgIpc) is 3.63. The molecule has 214 valence electrons. The van der Waals surface area contributed by atoms with Crippen LogP contribution in [0, 0.1) is 5.92 Å². The molecule has 1 fully saturated rings. The molecule has 0 radical (unpaired) electrons. The lowest BCUT2D eigenvalue weighted by atomic mass is 9.83. The molecule has 1 unspecified atom stereocenters. The van der Waals surface area contributed by atoms with Crippen LogP contribution in [-0.2, 0) is 22.6 Å². The number of rotatable bonds is 14. The van der Waals surface area contributed by atoms with Gasteiger partial charge in [0.05, 0.1) is 46.8 Å². The zero-order valence-corrected chi connectivity index (χ0v) is 24.1. The van der Waals surface area contributed by atoms with Crippen molar-refractivity contribution in [1.82, 2.24) is 19.6 Å². The summed E-state index contributed by atoms with van der Waals surface area (Å²) in [5.41, 5.74) is 2.17. The largest absolute Gasteiger partial charge is 0.493 e. The highest BCUT2D eigenvalue weighted by atomic mass is 16.5. The average molecular weight is 541 g/mol. The molecular weight excluding hydrogens is 494 g/mol. The quantitative estimate of drug-likeness (QED) is 0.371. The van der Waals surface area contributed by atoms with Gasteiger partial charge in [0.25, 0.3) is 0 Å². The summed E-state index contributed by atoms with van der Waals surface area (Å²) in [6.07, 6.45) is 8.04.